The molecule has 0 radical (unpaired) electrons. The smallest absolute Gasteiger partial charge is 0.435 e. The van der Waals surface area contributed by atoms with E-state index in [2.05, 4.69) is 10.4 Å². The first-order valence-corrected chi connectivity index (χ1v) is 15.4. The predicted molar refractivity (Wildman–Crippen MR) is 153 cm³/mol. The lowest BCUT2D eigenvalue weighted by atomic mass is 10.1. The quantitative estimate of drug-likeness (QED) is 0.0755. The zero-order valence-electron chi connectivity index (χ0n) is 24.9. The lowest BCUT2D eigenvalue weighted by Gasteiger charge is -2.19. The van der Waals surface area contributed by atoms with Crippen LogP contribution in [0.25, 0.3) is 16.9 Å². The standard InChI is InChI=1S/C28H31F3N6O8S/c1-18(2)26(38)44-17-45-34-37(40)35-14-4-5-22(35)16-43-27(39)33-46(41,42)23-12-10-21(11-13-23)36-24(15-25(32-36)28(29,30)31)20-8-6-19(3)7-9-20/h6-13,15,18,22H,4-5,14,16-17H2,1-3H3,(H,33,39)/t22-/m0/s1. The molecule has 0 saturated carbocycles. The van der Waals surface area contributed by atoms with Crippen molar-refractivity contribution in [1.29, 1.82) is 0 Å². The number of ether oxygens (including phenoxy) is 2. The number of rotatable bonds is 11. The molecule has 1 aliphatic rings. The number of hydrogen-bond donors (Lipinski definition) is 1. The minimum absolute atomic E-state index is 0.127. The molecule has 46 heavy (non-hydrogen) atoms. The molecule has 18 heteroatoms. The van der Waals surface area contributed by atoms with Crippen LogP contribution in [0.4, 0.5) is 18.0 Å². The van der Waals surface area contributed by atoms with E-state index in [4.69, 9.17) is 14.3 Å². The van der Waals surface area contributed by atoms with Crippen molar-refractivity contribution in [1.82, 2.24) is 19.5 Å². The maximum Gasteiger partial charge on any atom is 0.435 e. The van der Waals surface area contributed by atoms with Gasteiger partial charge in [-0.15, -0.1) is 5.01 Å². The molecule has 1 fully saturated rings. The summed E-state index contributed by atoms with van der Waals surface area (Å²) in [6.07, 6.45) is -5.06. The zero-order chi connectivity index (χ0) is 33.6. The fourth-order valence-electron chi connectivity index (χ4n) is 4.37. The number of nitrogens with zero attached hydrogens (tertiary/aromatic N) is 5. The third-order valence-corrected chi connectivity index (χ3v) is 8.11. The van der Waals surface area contributed by atoms with Crippen molar-refractivity contribution in [3.05, 3.63) is 71.1 Å². The van der Waals surface area contributed by atoms with Gasteiger partial charge in [0.05, 0.1) is 33.7 Å². The van der Waals surface area contributed by atoms with Crippen LogP contribution in [0, 0.1) is 18.0 Å². The fraction of sp³-hybridized carbons (Fsp3) is 0.393. The van der Waals surface area contributed by atoms with E-state index in [0.29, 0.717) is 18.4 Å². The van der Waals surface area contributed by atoms with Crippen LogP contribution in [0.15, 0.2) is 64.8 Å². The third-order valence-electron chi connectivity index (χ3n) is 6.78. The Balaban J connectivity index is 1.39. The van der Waals surface area contributed by atoms with Gasteiger partial charge >= 0.3 is 18.2 Å². The maximum atomic E-state index is 13.5. The van der Waals surface area contributed by atoms with Gasteiger partial charge in [0.25, 0.3) is 16.8 Å². The number of hydrogen-bond acceptors (Lipinski definition) is 10. The highest BCUT2D eigenvalue weighted by atomic mass is 32.2. The van der Waals surface area contributed by atoms with Crippen molar-refractivity contribution >= 4 is 22.1 Å². The first kappa shape index (κ1) is 34.0. The first-order valence-electron chi connectivity index (χ1n) is 13.9. The highest BCUT2D eigenvalue weighted by Crippen LogP contribution is 2.33. The summed E-state index contributed by atoms with van der Waals surface area (Å²) in [6.45, 7) is 4.38. The van der Waals surface area contributed by atoms with Crippen LogP contribution in [0.2, 0.25) is 0 Å². The maximum absolute atomic E-state index is 13.5. The number of amides is 1. The molecule has 2 aromatic carbocycles. The Labute approximate surface area is 261 Å². The molecule has 1 saturated heterocycles. The summed E-state index contributed by atoms with van der Waals surface area (Å²) in [6, 6.07) is 11.7. The van der Waals surface area contributed by atoms with E-state index < -0.39 is 52.7 Å². The summed E-state index contributed by atoms with van der Waals surface area (Å²) >= 11 is 0. The molecule has 1 N–H and O–H groups in total. The molecule has 1 aromatic heterocycles. The molecule has 0 spiro atoms. The van der Waals surface area contributed by atoms with Gasteiger partial charge in [0, 0.05) is 5.56 Å². The van der Waals surface area contributed by atoms with Gasteiger partial charge in [0.2, 0.25) is 5.28 Å². The van der Waals surface area contributed by atoms with Crippen molar-refractivity contribution in [2.75, 3.05) is 19.9 Å². The molecule has 14 nitrogen and oxygen atoms in total. The number of aryl methyl sites for hydroxylation is 1. The van der Waals surface area contributed by atoms with Gasteiger partial charge < -0.3 is 19.5 Å². The van der Waals surface area contributed by atoms with Gasteiger partial charge in [-0.3, -0.25) is 4.79 Å². The molecule has 3 aromatic rings. The summed E-state index contributed by atoms with van der Waals surface area (Å²) in [5, 5.41) is 20.5. The number of esters is 1. The number of carbonyl (C=O) groups is 2. The predicted octanol–water partition coefficient (Wildman–Crippen LogP) is 4.71. The second kappa shape index (κ2) is 14.1. The number of benzene rings is 2. The van der Waals surface area contributed by atoms with Crippen molar-refractivity contribution in [3.8, 4) is 16.9 Å². The minimum Gasteiger partial charge on any atom is -0.569 e. The fourth-order valence-corrected chi connectivity index (χ4v) is 5.26. The SMILES string of the molecule is Cc1ccc(-c2cc(C(F)(F)F)nn2-c2ccc(S(=O)(=O)NC(=O)OC[C@@H]3CCCN3[N+]([O-])=NOCOC(=O)C(C)C)cc2)cc1. The zero-order valence-corrected chi connectivity index (χ0v) is 25.7. The molecule has 1 aliphatic heterocycles. The number of halogens is 3. The summed E-state index contributed by atoms with van der Waals surface area (Å²) in [4.78, 5) is 28.3. The lowest BCUT2D eigenvalue weighted by Crippen LogP contribution is -2.40. The van der Waals surface area contributed by atoms with Crippen molar-refractivity contribution < 1.29 is 50.5 Å². The average molecular weight is 669 g/mol. The Hall–Kier alpha value is -4.87. The molecule has 2 heterocycles. The van der Waals surface area contributed by atoms with Crippen molar-refractivity contribution in [2.45, 2.75) is 50.7 Å². The second-order valence-corrected chi connectivity index (χ2v) is 12.2. The number of carbonyl (C=O) groups excluding carboxylic acids is 2. The second-order valence-electron chi connectivity index (χ2n) is 10.5. The Morgan fingerprint density at radius 1 is 1.13 bits per heavy atom. The Kier molecular flexibility index (Phi) is 10.4. The number of nitrogens with one attached hydrogen (secondary N) is 1. The normalized spacial score (nSPS) is 15.6. The number of aromatic nitrogens is 2. The summed E-state index contributed by atoms with van der Waals surface area (Å²) in [5.41, 5.74) is 0.518. The molecular formula is C28H31F3N6O8S. The van der Waals surface area contributed by atoms with Crippen LogP contribution in [-0.2, 0) is 35.3 Å². The van der Waals surface area contributed by atoms with Crippen molar-refractivity contribution in [3.63, 3.8) is 0 Å². The highest BCUT2D eigenvalue weighted by Gasteiger charge is 2.36. The van der Waals surface area contributed by atoms with Gasteiger partial charge in [-0.05, 0) is 50.1 Å². The van der Waals surface area contributed by atoms with Crippen molar-refractivity contribution in [2.24, 2.45) is 11.2 Å². The molecule has 0 unspecified atom stereocenters. The topological polar surface area (TPSA) is 167 Å². The summed E-state index contributed by atoms with van der Waals surface area (Å²) in [5.74, 6) is -0.932. The third kappa shape index (κ3) is 8.43. The van der Waals surface area contributed by atoms with E-state index in [1.165, 1.54) is 17.1 Å². The van der Waals surface area contributed by atoms with Crippen LogP contribution in [0.3, 0.4) is 0 Å². The van der Waals surface area contributed by atoms with Crippen LogP contribution in [0.1, 0.15) is 37.9 Å². The number of sulfonamides is 1. The lowest BCUT2D eigenvalue weighted by molar-refractivity contribution is -0.715. The Morgan fingerprint density at radius 2 is 1.80 bits per heavy atom. The van der Waals surface area contributed by atoms with E-state index >= 15 is 0 Å². The van der Waals surface area contributed by atoms with Crippen LogP contribution in [0.5, 0.6) is 0 Å². The molecule has 0 aliphatic carbocycles. The number of hydrazine groups is 1. The van der Waals surface area contributed by atoms with Crippen LogP contribution in [-0.4, -0.2) is 66.2 Å². The molecule has 1 atom stereocenters. The monoisotopic (exact) mass is 668 g/mol. The molecule has 1 amide bonds. The highest BCUT2D eigenvalue weighted by molar-refractivity contribution is 7.90. The summed E-state index contributed by atoms with van der Waals surface area (Å²) < 4.78 is 78.8. The van der Waals surface area contributed by atoms with E-state index in [0.717, 1.165) is 28.4 Å². The van der Waals surface area contributed by atoms with E-state index in [9.17, 15) is 36.4 Å². The van der Waals surface area contributed by atoms with Gasteiger partial charge in [0.1, 0.15) is 12.6 Å². The molecular weight excluding hydrogens is 637 g/mol. The van der Waals surface area contributed by atoms with Gasteiger partial charge in [-0.25, -0.2) is 22.6 Å². The van der Waals surface area contributed by atoms with E-state index in [1.54, 1.807) is 42.8 Å². The van der Waals surface area contributed by atoms with E-state index in [1.807, 2.05) is 6.92 Å². The van der Waals surface area contributed by atoms with Crippen LogP contribution >= 0.6 is 0 Å². The van der Waals surface area contributed by atoms with E-state index in [-0.39, 0.29) is 34.4 Å². The van der Waals surface area contributed by atoms with Gasteiger partial charge in [0.15, 0.2) is 5.69 Å². The Bertz CT molecular complexity index is 1680. The average Bonchev–Trinajstić information content (AvgIpc) is 3.66. The minimum atomic E-state index is -4.72. The molecule has 0 bridgehead atoms. The van der Waals surface area contributed by atoms with Gasteiger partial charge in [-0.2, -0.15) is 18.3 Å². The molecule has 248 valence electrons. The van der Waals surface area contributed by atoms with Gasteiger partial charge in [-0.1, -0.05) is 43.7 Å². The summed E-state index contributed by atoms with van der Waals surface area (Å²) in [7, 11) is -4.45. The van der Waals surface area contributed by atoms with Crippen LogP contribution < -0.4 is 4.72 Å². The molecule has 4 rings (SSSR count). The Morgan fingerprint density at radius 3 is 2.43 bits per heavy atom. The largest absolute Gasteiger partial charge is 0.569 e. The number of alkyl halides is 3. The first-order chi connectivity index (χ1) is 21.7.